The van der Waals surface area contributed by atoms with Crippen LogP contribution in [0.1, 0.15) is 146 Å². The van der Waals surface area contributed by atoms with E-state index in [0.717, 1.165) is 23.1 Å². The van der Waals surface area contributed by atoms with Crippen molar-refractivity contribution in [2.75, 3.05) is 13.7 Å². The molecule has 1 saturated heterocycles. The third-order valence-electron chi connectivity index (χ3n) is 9.75. The van der Waals surface area contributed by atoms with Crippen LogP contribution < -0.4 is 25.2 Å². The van der Waals surface area contributed by atoms with Crippen molar-refractivity contribution >= 4 is 38.5 Å². The molecule has 4 atom stereocenters. The fourth-order valence-corrected chi connectivity index (χ4v) is 8.34. The van der Waals surface area contributed by atoms with Gasteiger partial charge in [-0.2, -0.15) is 0 Å². The number of sulfonamides is 1. The lowest BCUT2D eigenvalue weighted by atomic mass is 10.1. The van der Waals surface area contributed by atoms with Gasteiger partial charge in [-0.25, -0.2) is 13.4 Å². The fraction of sp³-hybridized carbons (Fsp3) is 0.660. The number of methoxy groups -OCH3 is 1. The number of nitrogens with two attached hydrogens (primary N) is 1. The van der Waals surface area contributed by atoms with Gasteiger partial charge in [0.05, 0.1) is 24.6 Å². The first kappa shape index (κ1) is 54.7. The van der Waals surface area contributed by atoms with Gasteiger partial charge in [0.25, 0.3) is 5.91 Å². The van der Waals surface area contributed by atoms with Crippen LogP contribution in [0.25, 0.3) is 10.8 Å². The van der Waals surface area contributed by atoms with Crippen LogP contribution in [-0.2, 0) is 29.1 Å². The summed E-state index contributed by atoms with van der Waals surface area (Å²) in [5.74, 6) is 0.338. The van der Waals surface area contributed by atoms with Crippen LogP contribution in [0, 0.1) is 17.8 Å². The number of likely N-dealkylation sites (tertiary alicyclic amines) is 1. The molecule has 3 amide bonds. The molecule has 0 radical (unpaired) electrons. The van der Waals surface area contributed by atoms with Crippen LogP contribution in [-0.4, -0.2) is 77.7 Å². The summed E-state index contributed by atoms with van der Waals surface area (Å²) >= 11 is 0. The van der Waals surface area contributed by atoms with Crippen molar-refractivity contribution < 1.29 is 41.3 Å². The van der Waals surface area contributed by atoms with Crippen LogP contribution in [0.3, 0.4) is 0 Å². The summed E-state index contributed by atoms with van der Waals surface area (Å²) < 4.78 is 44.5. The Balaban J connectivity index is -0.00000170. The van der Waals surface area contributed by atoms with Crippen molar-refractivity contribution in [3.8, 4) is 11.6 Å². The summed E-state index contributed by atoms with van der Waals surface area (Å²) in [5, 5.41) is 4.46. The molecule has 5 rings (SSSR count). The smallest absolute Gasteiger partial charge is 0.259 e. The van der Waals surface area contributed by atoms with E-state index in [2.05, 4.69) is 42.4 Å². The van der Waals surface area contributed by atoms with Crippen LogP contribution in [0.4, 0.5) is 0 Å². The van der Waals surface area contributed by atoms with Crippen molar-refractivity contribution in [1.82, 2.24) is 19.9 Å². The van der Waals surface area contributed by atoms with Crippen LogP contribution in [0.5, 0.6) is 11.6 Å². The number of nitrogens with one attached hydrogen (secondary N) is 2. The van der Waals surface area contributed by atoms with Crippen molar-refractivity contribution in [2.45, 2.75) is 170 Å². The zero-order chi connectivity index (χ0) is 46.9. The van der Waals surface area contributed by atoms with Gasteiger partial charge in [0.2, 0.25) is 27.7 Å². The minimum absolute atomic E-state index is 0. The fourth-order valence-electron chi connectivity index (χ4n) is 6.68. The molecule has 4 N–H and O–H groups in total. The number of hydrogen-bond donors (Lipinski definition) is 3. The normalized spacial score (nSPS) is 20.9. The van der Waals surface area contributed by atoms with Gasteiger partial charge in [-0.1, -0.05) is 107 Å². The number of pyridine rings is 1. The third-order valence-corrected chi connectivity index (χ3v) is 12.0. The maximum atomic E-state index is 14.0. The lowest BCUT2D eigenvalue weighted by Crippen LogP contribution is -2.57. The largest absolute Gasteiger partial charge is 0.494 e. The standard InChI is InChI=1S/C33H44N4O7S.C6H13NO.C4H10.2C2H6.3H2/c1-6-8-11-22-18-33(22,31(40)36-45(41,42)32(7-2)14-15-32)35-29(39)26-17-23(20-37(26)28(38)16-21(3)4)44-30-25-13-10-9-12-24(25)27(43-5)19-34-30;1-5(7)8-6(2,3)4;1-4(2)3;2*1-2;;;/h8-13,19,21-23,26H,6-7,14-18,20H2,1-5H3,(H,35,39)(H,36,40);1,7H2,2-4H3;4H,1-3H3;2*1-2H3;3*1H/b11-8-;;;;;;;/t22-,23-,26+,33-;;;;;;;/m1......./s1. The molecule has 1 aromatic carbocycles. The Labute approximate surface area is 372 Å². The van der Waals surface area contributed by atoms with Crippen molar-refractivity contribution in [3.63, 3.8) is 0 Å². The van der Waals surface area contributed by atoms with E-state index in [1.54, 1.807) is 20.2 Å². The van der Waals surface area contributed by atoms with Crippen molar-refractivity contribution in [2.24, 2.45) is 23.5 Å². The Hall–Kier alpha value is -4.33. The molecule has 352 valence electrons. The summed E-state index contributed by atoms with van der Waals surface area (Å²) in [4.78, 5) is 47.0. The van der Waals surface area contributed by atoms with Crippen LogP contribution in [0.15, 0.2) is 55.1 Å². The number of amides is 3. The van der Waals surface area contributed by atoms with Crippen LogP contribution >= 0.6 is 0 Å². The van der Waals surface area contributed by atoms with Gasteiger partial charge in [0, 0.05) is 33.8 Å². The molecule has 1 aromatic heterocycles. The molecular weight excluding hydrogens is 795 g/mol. The summed E-state index contributed by atoms with van der Waals surface area (Å²) in [7, 11) is -2.35. The van der Waals surface area contributed by atoms with E-state index < -0.39 is 44.3 Å². The maximum Gasteiger partial charge on any atom is 0.259 e. The highest BCUT2D eigenvalue weighted by atomic mass is 32.2. The average molecular weight is 880 g/mol. The van der Waals surface area contributed by atoms with Crippen molar-refractivity contribution in [1.29, 1.82) is 0 Å². The predicted molar refractivity (Wildman–Crippen MR) is 254 cm³/mol. The number of aromatic nitrogens is 1. The van der Waals surface area contributed by atoms with Gasteiger partial charge in [-0.15, -0.1) is 0 Å². The number of carbonyl (C=O) groups is 3. The number of rotatable bonds is 14. The first-order valence-electron chi connectivity index (χ1n) is 22.1. The van der Waals surface area contributed by atoms with E-state index in [1.807, 2.05) is 106 Å². The molecule has 2 saturated carbocycles. The highest BCUT2D eigenvalue weighted by molar-refractivity contribution is 7.91. The molecule has 0 bridgehead atoms. The quantitative estimate of drug-likeness (QED) is 0.122. The number of hydrogen-bond acceptors (Lipinski definition) is 10. The number of ether oxygens (including phenoxy) is 3. The lowest BCUT2D eigenvalue weighted by molar-refractivity contribution is -0.140. The number of carbonyl (C=O) groups excluding carboxylic acids is 3. The molecule has 13 nitrogen and oxygen atoms in total. The zero-order valence-corrected chi connectivity index (χ0v) is 40.8. The number of fused-ring (bicyclic) bond motifs is 1. The molecule has 3 aliphatic rings. The van der Waals surface area contributed by atoms with E-state index in [9.17, 15) is 22.8 Å². The molecule has 0 spiro atoms. The number of nitrogens with zero attached hydrogens (tertiary/aromatic N) is 2. The molecule has 14 heteroatoms. The van der Waals surface area contributed by atoms with Crippen LogP contribution in [0.2, 0.25) is 0 Å². The Morgan fingerprint density at radius 1 is 1.05 bits per heavy atom. The molecule has 61 heavy (non-hydrogen) atoms. The maximum absolute atomic E-state index is 14.0. The van der Waals surface area contributed by atoms with E-state index >= 15 is 0 Å². The first-order chi connectivity index (χ1) is 28.5. The third kappa shape index (κ3) is 15.8. The van der Waals surface area contributed by atoms with E-state index in [0.29, 0.717) is 30.9 Å². The topological polar surface area (TPSA) is 179 Å². The average Bonchev–Trinajstić information content (AvgIpc) is 4.09. The minimum atomic E-state index is -3.92. The minimum Gasteiger partial charge on any atom is -0.494 e. The Morgan fingerprint density at radius 3 is 2.08 bits per heavy atom. The highest BCUT2D eigenvalue weighted by Gasteiger charge is 2.63. The number of benzene rings is 1. The second-order valence-corrected chi connectivity index (χ2v) is 19.4. The van der Waals surface area contributed by atoms with Gasteiger partial charge >= 0.3 is 0 Å². The summed E-state index contributed by atoms with van der Waals surface area (Å²) in [5.41, 5.74) is 3.54. The zero-order valence-electron chi connectivity index (χ0n) is 39.9. The van der Waals surface area contributed by atoms with Gasteiger partial charge in [-0.3, -0.25) is 19.1 Å². The molecule has 2 aromatic rings. The summed E-state index contributed by atoms with van der Waals surface area (Å²) in [6, 6.07) is 6.63. The molecule has 1 aliphatic heterocycles. The van der Waals surface area contributed by atoms with Gasteiger partial charge < -0.3 is 30.2 Å². The molecule has 2 heterocycles. The number of allylic oxidation sites excluding steroid dienone is 1. The summed E-state index contributed by atoms with van der Waals surface area (Å²) in [6.45, 7) is 31.4. The SMILES string of the molecule is C=C(N)OC(C)(C)C.CC.CC.CC(C)C.CC/C=C\[C@@H]1C[C@]1(NC(=O)[C@@H]1C[C@@H](Oc2ncc(OC)c3ccccc23)CN1C(=O)CC(C)C)C(=O)NS(=O)(=O)C1(CC)CC1.[HH].[HH].[HH]. The van der Waals surface area contributed by atoms with Gasteiger partial charge in [0.15, 0.2) is 5.88 Å². The molecule has 2 aliphatic carbocycles. The lowest BCUT2D eigenvalue weighted by Gasteiger charge is -2.27. The second-order valence-electron chi connectivity index (χ2n) is 17.3. The summed E-state index contributed by atoms with van der Waals surface area (Å²) in [6.07, 6.45) is 7.61. The predicted octanol–water partition coefficient (Wildman–Crippen LogP) is 9.55. The Morgan fingerprint density at radius 2 is 1.62 bits per heavy atom. The second kappa shape index (κ2) is 24.3. The van der Waals surface area contributed by atoms with Gasteiger partial charge in [-0.05, 0) is 77.4 Å². The highest BCUT2D eigenvalue weighted by Crippen LogP contribution is 2.49. The van der Waals surface area contributed by atoms with Gasteiger partial charge in [0.1, 0.15) is 29.0 Å². The van der Waals surface area contributed by atoms with E-state index in [4.69, 9.17) is 19.9 Å². The monoisotopic (exact) mass is 880 g/mol. The molecule has 0 unspecified atom stereocenters. The molecule has 3 fully saturated rings. The first-order valence-corrected chi connectivity index (χ1v) is 23.6. The van der Waals surface area contributed by atoms with Crippen molar-refractivity contribution in [3.05, 3.63) is 55.1 Å². The van der Waals surface area contributed by atoms with E-state index in [-0.39, 0.29) is 59.3 Å². The molecular formula is C47H85N5O8S. The Kier molecular flexibility index (Phi) is 21.8. The van der Waals surface area contributed by atoms with E-state index in [1.165, 1.54) is 4.90 Å². The Bertz CT molecular complexity index is 1880.